The zero-order valence-electron chi connectivity index (χ0n) is 12.0. The summed E-state index contributed by atoms with van der Waals surface area (Å²) >= 11 is 0. The van der Waals surface area contributed by atoms with Gasteiger partial charge in [-0.1, -0.05) is 18.6 Å². The van der Waals surface area contributed by atoms with Crippen molar-refractivity contribution in [1.29, 1.82) is 0 Å². The summed E-state index contributed by atoms with van der Waals surface area (Å²) in [6.45, 7) is 3.49. The van der Waals surface area contributed by atoms with Crippen LogP contribution in [0.15, 0.2) is 24.3 Å². The van der Waals surface area contributed by atoms with Crippen LogP contribution in [-0.4, -0.2) is 23.6 Å². The van der Waals surface area contributed by atoms with Crippen LogP contribution in [0, 0.1) is 17.8 Å². The molecule has 1 aromatic rings. The number of hydrogen-bond acceptors (Lipinski definition) is 2. The maximum atomic E-state index is 9.36. The Kier molecular flexibility index (Phi) is 3.53. The molecule has 4 atom stereocenters. The third-order valence-electron chi connectivity index (χ3n) is 5.44. The second-order valence-electron chi connectivity index (χ2n) is 6.64. The molecular formula is C17H25NO. The molecule has 2 saturated carbocycles. The second-order valence-corrected chi connectivity index (χ2v) is 6.64. The van der Waals surface area contributed by atoms with E-state index in [2.05, 4.69) is 18.9 Å². The third-order valence-corrected chi connectivity index (χ3v) is 5.44. The summed E-state index contributed by atoms with van der Waals surface area (Å²) < 4.78 is 0. The average Bonchev–Trinajstić information content (AvgIpc) is 3.01. The fraction of sp³-hybridized carbons (Fsp3) is 0.647. The van der Waals surface area contributed by atoms with Crippen LogP contribution in [0.4, 0.5) is 0 Å². The summed E-state index contributed by atoms with van der Waals surface area (Å²) in [6, 6.07) is 8.09. The Morgan fingerprint density at radius 3 is 2.53 bits per heavy atom. The lowest BCUT2D eigenvalue weighted by Gasteiger charge is -2.31. The Balaban J connectivity index is 1.60. The molecule has 1 N–H and O–H groups in total. The average molecular weight is 259 g/mol. The molecule has 0 heterocycles. The van der Waals surface area contributed by atoms with Gasteiger partial charge in [0, 0.05) is 12.6 Å². The van der Waals surface area contributed by atoms with Crippen molar-refractivity contribution in [3.05, 3.63) is 29.8 Å². The van der Waals surface area contributed by atoms with Gasteiger partial charge in [-0.2, -0.15) is 0 Å². The van der Waals surface area contributed by atoms with Gasteiger partial charge in [-0.15, -0.1) is 0 Å². The Hall–Kier alpha value is -1.02. The molecule has 0 aromatic heterocycles. The molecule has 1 aromatic carbocycles. The fourth-order valence-electron chi connectivity index (χ4n) is 4.14. The van der Waals surface area contributed by atoms with E-state index in [4.69, 9.17) is 0 Å². The number of hydrogen-bond donors (Lipinski definition) is 1. The number of fused-ring (bicyclic) bond motifs is 2. The predicted molar refractivity (Wildman–Crippen MR) is 78.1 cm³/mol. The topological polar surface area (TPSA) is 23.5 Å². The fourth-order valence-corrected chi connectivity index (χ4v) is 4.14. The first kappa shape index (κ1) is 13.0. The lowest BCUT2D eigenvalue weighted by atomic mass is 9.88. The zero-order valence-corrected chi connectivity index (χ0v) is 12.0. The molecule has 0 amide bonds. The van der Waals surface area contributed by atoms with Gasteiger partial charge in [0.05, 0.1) is 0 Å². The normalized spacial score (nSPS) is 31.0. The summed E-state index contributed by atoms with van der Waals surface area (Å²) in [6.07, 6.45) is 5.90. The van der Waals surface area contributed by atoms with Gasteiger partial charge in [-0.25, -0.2) is 0 Å². The van der Waals surface area contributed by atoms with Crippen LogP contribution in [0.5, 0.6) is 5.75 Å². The number of phenols is 1. The van der Waals surface area contributed by atoms with Crippen LogP contribution in [0.1, 0.15) is 44.2 Å². The highest BCUT2D eigenvalue weighted by Crippen LogP contribution is 2.48. The Labute approximate surface area is 116 Å². The van der Waals surface area contributed by atoms with Crippen molar-refractivity contribution >= 4 is 0 Å². The Morgan fingerprint density at radius 1 is 1.21 bits per heavy atom. The van der Waals surface area contributed by atoms with Gasteiger partial charge < -0.3 is 5.11 Å². The van der Waals surface area contributed by atoms with Gasteiger partial charge in [0.2, 0.25) is 0 Å². The molecular weight excluding hydrogens is 234 g/mol. The van der Waals surface area contributed by atoms with Gasteiger partial charge in [0.25, 0.3) is 0 Å². The molecule has 104 valence electrons. The molecule has 0 radical (unpaired) electrons. The number of benzene rings is 1. The highest BCUT2D eigenvalue weighted by atomic mass is 16.3. The van der Waals surface area contributed by atoms with Crippen LogP contribution in [0.2, 0.25) is 0 Å². The smallest absolute Gasteiger partial charge is 0.115 e. The SMILES string of the molecule is CC(c1ccc(O)cc1)N(C)CC1CC2CCC1C2. The van der Waals surface area contributed by atoms with E-state index in [1.54, 1.807) is 12.1 Å². The van der Waals surface area contributed by atoms with E-state index in [1.807, 2.05) is 12.1 Å². The van der Waals surface area contributed by atoms with Crippen molar-refractivity contribution in [3.63, 3.8) is 0 Å². The van der Waals surface area contributed by atoms with Crippen LogP contribution >= 0.6 is 0 Å². The summed E-state index contributed by atoms with van der Waals surface area (Å²) in [5.74, 6) is 3.31. The molecule has 2 fully saturated rings. The molecule has 4 unspecified atom stereocenters. The van der Waals surface area contributed by atoms with Crippen molar-refractivity contribution in [3.8, 4) is 5.75 Å². The second kappa shape index (κ2) is 5.16. The maximum absolute atomic E-state index is 9.36. The zero-order chi connectivity index (χ0) is 13.4. The molecule has 2 bridgehead atoms. The van der Waals surface area contributed by atoms with E-state index in [0.717, 1.165) is 17.8 Å². The van der Waals surface area contributed by atoms with E-state index in [0.29, 0.717) is 11.8 Å². The first-order valence-corrected chi connectivity index (χ1v) is 7.62. The van der Waals surface area contributed by atoms with E-state index in [1.165, 1.54) is 37.8 Å². The van der Waals surface area contributed by atoms with Gasteiger partial charge in [0.1, 0.15) is 5.75 Å². The van der Waals surface area contributed by atoms with E-state index < -0.39 is 0 Å². The number of nitrogens with zero attached hydrogens (tertiary/aromatic N) is 1. The predicted octanol–water partition coefficient (Wildman–Crippen LogP) is 3.82. The third kappa shape index (κ3) is 2.64. The summed E-state index contributed by atoms with van der Waals surface area (Å²) in [5.41, 5.74) is 1.29. The maximum Gasteiger partial charge on any atom is 0.115 e. The molecule has 2 aliphatic carbocycles. The Bertz CT molecular complexity index is 427. The molecule has 19 heavy (non-hydrogen) atoms. The molecule has 0 spiro atoms. The van der Waals surface area contributed by atoms with Crippen molar-refractivity contribution in [2.24, 2.45) is 17.8 Å². The molecule has 2 nitrogen and oxygen atoms in total. The minimum absolute atomic E-state index is 0.353. The van der Waals surface area contributed by atoms with Crippen LogP contribution in [-0.2, 0) is 0 Å². The lowest BCUT2D eigenvalue weighted by molar-refractivity contribution is 0.182. The van der Waals surface area contributed by atoms with Crippen molar-refractivity contribution in [1.82, 2.24) is 4.90 Å². The first-order chi connectivity index (χ1) is 9.13. The van der Waals surface area contributed by atoms with Crippen LogP contribution in [0.3, 0.4) is 0 Å². The summed E-state index contributed by atoms with van der Waals surface area (Å²) in [7, 11) is 2.24. The molecule has 3 rings (SSSR count). The highest BCUT2D eigenvalue weighted by Gasteiger charge is 2.39. The summed E-state index contributed by atoms with van der Waals surface area (Å²) in [5, 5.41) is 9.36. The highest BCUT2D eigenvalue weighted by molar-refractivity contribution is 5.27. The lowest BCUT2D eigenvalue weighted by Crippen LogP contribution is -2.30. The van der Waals surface area contributed by atoms with Gasteiger partial charge >= 0.3 is 0 Å². The number of aromatic hydroxyl groups is 1. The van der Waals surface area contributed by atoms with Crippen LogP contribution in [0.25, 0.3) is 0 Å². The molecule has 2 aliphatic rings. The molecule has 0 saturated heterocycles. The van der Waals surface area contributed by atoms with Crippen LogP contribution < -0.4 is 0 Å². The van der Waals surface area contributed by atoms with E-state index in [-0.39, 0.29) is 0 Å². The van der Waals surface area contributed by atoms with Crippen molar-refractivity contribution in [2.75, 3.05) is 13.6 Å². The summed E-state index contributed by atoms with van der Waals surface area (Å²) in [4.78, 5) is 2.48. The van der Waals surface area contributed by atoms with Crippen molar-refractivity contribution in [2.45, 2.75) is 38.6 Å². The van der Waals surface area contributed by atoms with E-state index in [9.17, 15) is 5.11 Å². The van der Waals surface area contributed by atoms with E-state index >= 15 is 0 Å². The minimum atomic E-state index is 0.353. The molecule has 2 heteroatoms. The monoisotopic (exact) mass is 259 g/mol. The van der Waals surface area contributed by atoms with Gasteiger partial charge in [-0.05, 0) is 68.7 Å². The minimum Gasteiger partial charge on any atom is -0.508 e. The largest absolute Gasteiger partial charge is 0.508 e. The standard InChI is InChI=1S/C17H25NO/c1-12(14-5-7-17(19)8-6-14)18(2)11-16-10-13-3-4-15(16)9-13/h5-8,12-13,15-16,19H,3-4,9-11H2,1-2H3. The quantitative estimate of drug-likeness (QED) is 0.888. The number of phenolic OH excluding ortho intramolecular Hbond substituents is 1. The molecule has 0 aliphatic heterocycles. The van der Waals surface area contributed by atoms with Gasteiger partial charge in [-0.3, -0.25) is 4.90 Å². The number of rotatable bonds is 4. The first-order valence-electron chi connectivity index (χ1n) is 7.62. The van der Waals surface area contributed by atoms with Crippen molar-refractivity contribution < 1.29 is 5.11 Å². The Morgan fingerprint density at radius 2 is 1.95 bits per heavy atom. The van der Waals surface area contributed by atoms with Gasteiger partial charge in [0.15, 0.2) is 0 Å².